The number of aliphatic imine (C=N–C) groups is 1. The van der Waals surface area contributed by atoms with Crippen LogP contribution in [0.1, 0.15) is 11.1 Å². The lowest BCUT2D eigenvalue weighted by molar-refractivity contribution is 0.476. The third kappa shape index (κ3) is 5.63. The Morgan fingerprint density at radius 1 is 1.09 bits per heavy atom. The second-order valence-corrected chi connectivity index (χ2v) is 4.87. The van der Waals surface area contributed by atoms with E-state index in [9.17, 15) is 4.39 Å². The second kappa shape index (κ2) is 9.40. The molecule has 118 valence electrons. The van der Waals surface area contributed by atoms with Crippen LogP contribution in [0.2, 0.25) is 0 Å². The number of halogens is 2. The van der Waals surface area contributed by atoms with Gasteiger partial charge in [-0.1, -0.05) is 42.5 Å². The molecule has 0 unspecified atom stereocenters. The first-order valence-electron chi connectivity index (χ1n) is 6.89. The SMILES string of the molecule is CN=C(NCc1cccc(F)c1)N(C)Cc1ccccc1.I. The molecule has 1 N–H and O–H groups in total. The highest BCUT2D eigenvalue weighted by Crippen LogP contribution is 2.05. The smallest absolute Gasteiger partial charge is 0.193 e. The lowest BCUT2D eigenvalue weighted by Crippen LogP contribution is -2.38. The monoisotopic (exact) mass is 413 g/mol. The molecule has 3 nitrogen and oxygen atoms in total. The molecule has 2 aromatic rings. The number of guanidine groups is 1. The molecule has 0 saturated heterocycles. The van der Waals surface area contributed by atoms with Gasteiger partial charge in [0.1, 0.15) is 5.82 Å². The van der Waals surface area contributed by atoms with Crippen molar-refractivity contribution in [1.29, 1.82) is 0 Å². The molecule has 0 spiro atoms. The quantitative estimate of drug-likeness (QED) is 0.471. The minimum atomic E-state index is -0.220. The largest absolute Gasteiger partial charge is 0.352 e. The molecule has 22 heavy (non-hydrogen) atoms. The molecular formula is C17H21FIN3. The van der Waals surface area contributed by atoms with Gasteiger partial charge in [0.05, 0.1) is 0 Å². The van der Waals surface area contributed by atoms with Crippen molar-refractivity contribution in [2.45, 2.75) is 13.1 Å². The summed E-state index contributed by atoms with van der Waals surface area (Å²) in [5.41, 5.74) is 2.11. The van der Waals surface area contributed by atoms with E-state index in [0.29, 0.717) is 6.54 Å². The normalized spacial score (nSPS) is 10.8. The topological polar surface area (TPSA) is 27.6 Å². The van der Waals surface area contributed by atoms with Gasteiger partial charge in [-0.25, -0.2) is 4.39 Å². The van der Waals surface area contributed by atoms with Crippen molar-refractivity contribution < 1.29 is 4.39 Å². The molecule has 0 amide bonds. The number of hydrogen-bond acceptors (Lipinski definition) is 1. The third-order valence-corrected chi connectivity index (χ3v) is 3.18. The molecule has 0 aliphatic heterocycles. The molecule has 5 heteroatoms. The van der Waals surface area contributed by atoms with Gasteiger partial charge < -0.3 is 10.2 Å². The van der Waals surface area contributed by atoms with Crippen LogP contribution in [0, 0.1) is 5.82 Å². The standard InChI is InChI=1S/C17H20FN3.HI/c1-19-17(20-12-15-9-6-10-16(18)11-15)21(2)13-14-7-4-3-5-8-14;/h3-11H,12-13H2,1-2H3,(H,19,20);1H. The van der Waals surface area contributed by atoms with Crippen molar-refractivity contribution in [3.8, 4) is 0 Å². The Balaban J connectivity index is 0.00000242. The Kier molecular flexibility index (Phi) is 7.87. The van der Waals surface area contributed by atoms with Gasteiger partial charge in [0.2, 0.25) is 0 Å². The molecule has 2 aromatic carbocycles. The summed E-state index contributed by atoms with van der Waals surface area (Å²) in [6, 6.07) is 16.8. The summed E-state index contributed by atoms with van der Waals surface area (Å²) in [5, 5.41) is 3.24. The van der Waals surface area contributed by atoms with Crippen LogP contribution in [0.5, 0.6) is 0 Å². The first-order valence-corrected chi connectivity index (χ1v) is 6.89. The molecule has 0 fully saturated rings. The van der Waals surface area contributed by atoms with Crippen molar-refractivity contribution in [3.63, 3.8) is 0 Å². The van der Waals surface area contributed by atoms with Crippen LogP contribution in [0.15, 0.2) is 59.6 Å². The first kappa shape index (κ1) is 18.4. The summed E-state index contributed by atoms with van der Waals surface area (Å²) in [6.07, 6.45) is 0. The van der Waals surface area contributed by atoms with Gasteiger partial charge in [0.25, 0.3) is 0 Å². The fraction of sp³-hybridized carbons (Fsp3) is 0.235. The molecule has 0 radical (unpaired) electrons. The second-order valence-electron chi connectivity index (χ2n) is 4.87. The average molecular weight is 413 g/mol. The van der Waals surface area contributed by atoms with Crippen LogP contribution < -0.4 is 5.32 Å². The van der Waals surface area contributed by atoms with Gasteiger partial charge >= 0.3 is 0 Å². The number of nitrogens with one attached hydrogen (secondary N) is 1. The molecule has 2 rings (SSSR count). The van der Waals surface area contributed by atoms with Gasteiger partial charge in [-0.15, -0.1) is 24.0 Å². The molecule has 0 aliphatic rings. The summed E-state index contributed by atoms with van der Waals surface area (Å²) in [4.78, 5) is 6.30. The summed E-state index contributed by atoms with van der Waals surface area (Å²) in [5.74, 6) is 0.560. The predicted octanol–water partition coefficient (Wildman–Crippen LogP) is 3.65. The lowest BCUT2D eigenvalue weighted by Gasteiger charge is -2.22. The third-order valence-electron chi connectivity index (χ3n) is 3.18. The fourth-order valence-electron chi connectivity index (χ4n) is 2.14. The maximum atomic E-state index is 13.2. The van der Waals surface area contributed by atoms with Crippen LogP contribution in [0.4, 0.5) is 4.39 Å². The minimum absolute atomic E-state index is 0. The zero-order valence-electron chi connectivity index (χ0n) is 12.8. The maximum Gasteiger partial charge on any atom is 0.193 e. The van der Waals surface area contributed by atoms with E-state index in [0.717, 1.165) is 18.1 Å². The summed E-state index contributed by atoms with van der Waals surface area (Å²) in [7, 11) is 3.73. The zero-order valence-corrected chi connectivity index (χ0v) is 15.1. The van der Waals surface area contributed by atoms with Crippen LogP contribution in [0.3, 0.4) is 0 Å². The van der Waals surface area contributed by atoms with Crippen LogP contribution in [-0.4, -0.2) is 25.0 Å². The fourth-order valence-corrected chi connectivity index (χ4v) is 2.14. The van der Waals surface area contributed by atoms with Crippen LogP contribution in [0.25, 0.3) is 0 Å². The van der Waals surface area contributed by atoms with E-state index >= 15 is 0 Å². The number of rotatable bonds is 4. The molecule has 0 atom stereocenters. The van der Waals surface area contributed by atoms with Gasteiger partial charge in [-0.3, -0.25) is 4.99 Å². The van der Waals surface area contributed by atoms with Crippen LogP contribution >= 0.6 is 24.0 Å². The number of hydrogen-bond donors (Lipinski definition) is 1. The van der Waals surface area contributed by atoms with E-state index in [1.165, 1.54) is 17.7 Å². The average Bonchev–Trinajstić information content (AvgIpc) is 2.49. The van der Waals surface area contributed by atoms with Crippen molar-refractivity contribution in [2.75, 3.05) is 14.1 Å². The molecule has 0 bridgehead atoms. The summed E-state index contributed by atoms with van der Waals surface area (Å²) >= 11 is 0. The van der Waals surface area contributed by atoms with E-state index in [2.05, 4.69) is 22.4 Å². The van der Waals surface area contributed by atoms with E-state index < -0.39 is 0 Å². The van der Waals surface area contributed by atoms with Gasteiger partial charge in [-0.05, 0) is 23.3 Å². The van der Waals surface area contributed by atoms with E-state index in [1.54, 1.807) is 13.1 Å². The van der Waals surface area contributed by atoms with E-state index in [4.69, 9.17) is 0 Å². The number of nitrogens with zero attached hydrogens (tertiary/aromatic N) is 2. The van der Waals surface area contributed by atoms with Crippen molar-refractivity contribution in [1.82, 2.24) is 10.2 Å². The lowest BCUT2D eigenvalue weighted by atomic mass is 10.2. The molecule has 0 aliphatic carbocycles. The minimum Gasteiger partial charge on any atom is -0.352 e. The Morgan fingerprint density at radius 3 is 2.41 bits per heavy atom. The van der Waals surface area contributed by atoms with Gasteiger partial charge in [-0.2, -0.15) is 0 Å². The molecular weight excluding hydrogens is 392 g/mol. The van der Waals surface area contributed by atoms with Crippen LogP contribution in [-0.2, 0) is 13.1 Å². The molecule has 0 aromatic heterocycles. The first-order chi connectivity index (χ1) is 10.2. The van der Waals surface area contributed by atoms with Gasteiger partial charge in [0.15, 0.2) is 5.96 Å². The highest BCUT2D eigenvalue weighted by Gasteiger charge is 2.06. The number of benzene rings is 2. The van der Waals surface area contributed by atoms with E-state index in [-0.39, 0.29) is 29.8 Å². The molecule has 0 heterocycles. The Morgan fingerprint density at radius 2 is 1.77 bits per heavy atom. The Labute approximate surface area is 148 Å². The van der Waals surface area contributed by atoms with Gasteiger partial charge in [0, 0.05) is 27.2 Å². The summed E-state index contributed by atoms with van der Waals surface area (Å²) in [6.45, 7) is 1.31. The maximum absolute atomic E-state index is 13.2. The van der Waals surface area contributed by atoms with Crippen molar-refractivity contribution >= 4 is 29.9 Å². The van der Waals surface area contributed by atoms with E-state index in [1.807, 2.05) is 36.2 Å². The van der Waals surface area contributed by atoms with Crippen molar-refractivity contribution in [2.24, 2.45) is 4.99 Å². The Hall–Kier alpha value is -1.63. The highest BCUT2D eigenvalue weighted by molar-refractivity contribution is 14.0. The predicted molar refractivity (Wildman–Crippen MR) is 99.9 cm³/mol. The highest BCUT2D eigenvalue weighted by atomic mass is 127. The van der Waals surface area contributed by atoms with Crippen molar-refractivity contribution in [3.05, 3.63) is 71.5 Å². The summed E-state index contributed by atoms with van der Waals surface area (Å²) < 4.78 is 13.2. The molecule has 0 saturated carbocycles. The Bertz CT molecular complexity index is 602. The zero-order chi connectivity index (χ0) is 15.1.